The minimum Gasteiger partial charge on any atom is -0.335 e. The van der Waals surface area contributed by atoms with Gasteiger partial charge in [-0.1, -0.05) is 19.8 Å². The average Bonchev–Trinajstić information content (AvgIpc) is 3.49. The van der Waals surface area contributed by atoms with E-state index in [-0.39, 0.29) is 30.4 Å². The first-order chi connectivity index (χ1) is 14.4. The number of benzene rings is 1. The lowest BCUT2D eigenvalue weighted by atomic mass is 9.73. The minimum absolute atomic E-state index is 0.0490. The van der Waals surface area contributed by atoms with Gasteiger partial charge in [-0.05, 0) is 55.9 Å². The van der Waals surface area contributed by atoms with Crippen LogP contribution in [0.15, 0.2) is 24.3 Å². The van der Waals surface area contributed by atoms with Gasteiger partial charge in [0.05, 0.1) is 0 Å². The Morgan fingerprint density at radius 1 is 1.07 bits per heavy atom. The second-order valence-corrected chi connectivity index (χ2v) is 8.44. The van der Waals surface area contributed by atoms with Crippen molar-refractivity contribution >= 4 is 35.3 Å². The van der Waals surface area contributed by atoms with E-state index >= 15 is 0 Å². The van der Waals surface area contributed by atoms with E-state index in [1.807, 2.05) is 6.92 Å². The van der Waals surface area contributed by atoms with Crippen molar-refractivity contribution in [2.75, 3.05) is 17.2 Å². The fraction of sp³-hybridized carbons (Fsp3) is 0.524. The largest absolute Gasteiger partial charge is 0.335 e. The normalized spacial score (nSPS) is 25.8. The summed E-state index contributed by atoms with van der Waals surface area (Å²) in [5.74, 6) is -0.713. The summed E-state index contributed by atoms with van der Waals surface area (Å²) in [6, 6.07) is 6.17. The maximum absolute atomic E-state index is 12.9. The lowest BCUT2D eigenvalue weighted by molar-refractivity contribution is -0.136. The summed E-state index contributed by atoms with van der Waals surface area (Å²) >= 11 is 0. The molecule has 2 saturated carbocycles. The molecule has 9 heteroatoms. The van der Waals surface area contributed by atoms with E-state index in [0.717, 1.165) is 37.0 Å². The van der Waals surface area contributed by atoms with Gasteiger partial charge >= 0.3 is 12.1 Å². The van der Waals surface area contributed by atoms with Crippen molar-refractivity contribution in [1.82, 2.24) is 15.5 Å². The van der Waals surface area contributed by atoms with Crippen LogP contribution in [0.3, 0.4) is 0 Å². The Morgan fingerprint density at radius 2 is 1.73 bits per heavy atom. The van der Waals surface area contributed by atoms with Crippen molar-refractivity contribution < 1.29 is 19.2 Å². The number of rotatable bonds is 5. The summed E-state index contributed by atoms with van der Waals surface area (Å²) in [6.07, 6.45) is 5.44. The van der Waals surface area contributed by atoms with Crippen molar-refractivity contribution in [2.45, 2.75) is 57.0 Å². The summed E-state index contributed by atoms with van der Waals surface area (Å²) in [4.78, 5) is 50.5. The van der Waals surface area contributed by atoms with Gasteiger partial charge in [-0.15, -0.1) is 0 Å². The van der Waals surface area contributed by atoms with Crippen LogP contribution in [-0.4, -0.2) is 46.9 Å². The van der Waals surface area contributed by atoms with Gasteiger partial charge in [0.15, 0.2) is 0 Å². The number of carbonyl (C=O) groups excluding carboxylic acids is 4. The predicted octanol–water partition coefficient (Wildman–Crippen LogP) is 2.41. The third-order valence-electron chi connectivity index (χ3n) is 6.14. The maximum Gasteiger partial charge on any atom is 0.325 e. The summed E-state index contributed by atoms with van der Waals surface area (Å²) in [5, 5.41) is 11.1. The first kappa shape index (κ1) is 20.2. The Kier molecular flexibility index (Phi) is 5.36. The zero-order chi connectivity index (χ0) is 21.3. The molecule has 2 aliphatic carbocycles. The molecule has 2 unspecified atom stereocenters. The fourth-order valence-electron chi connectivity index (χ4n) is 4.20. The molecule has 0 aromatic heterocycles. The Labute approximate surface area is 174 Å². The van der Waals surface area contributed by atoms with Crippen LogP contribution in [0.1, 0.15) is 45.4 Å². The van der Waals surface area contributed by atoms with Gasteiger partial charge in [0.1, 0.15) is 12.1 Å². The van der Waals surface area contributed by atoms with Gasteiger partial charge in [-0.3, -0.25) is 14.5 Å². The lowest BCUT2D eigenvalue weighted by Crippen LogP contribution is -2.54. The van der Waals surface area contributed by atoms with Gasteiger partial charge in [0, 0.05) is 17.4 Å². The number of nitrogens with zero attached hydrogens (tertiary/aromatic N) is 1. The molecular weight excluding hydrogens is 386 g/mol. The minimum atomic E-state index is -0.871. The van der Waals surface area contributed by atoms with Crippen molar-refractivity contribution in [3.8, 4) is 0 Å². The van der Waals surface area contributed by atoms with Crippen LogP contribution in [0.2, 0.25) is 0 Å². The fourth-order valence-corrected chi connectivity index (χ4v) is 4.20. The standard InChI is InChI=1S/C21H27N5O4/c1-13-4-2-3-11-21(13)18(28)26(20(30)25-21)12-17(27)22-14-5-7-15(8-6-14)23-19(29)24-16-9-10-16/h5-8,13,16H,2-4,9-12H2,1H3,(H,22,27)(H,25,30)(H2,23,24,29). The van der Waals surface area contributed by atoms with E-state index in [1.165, 1.54) is 0 Å². The van der Waals surface area contributed by atoms with Gasteiger partial charge in [-0.2, -0.15) is 0 Å². The molecule has 6 amide bonds. The van der Waals surface area contributed by atoms with Crippen LogP contribution in [0.4, 0.5) is 21.0 Å². The van der Waals surface area contributed by atoms with Crippen molar-refractivity contribution in [1.29, 1.82) is 0 Å². The number of carbonyl (C=O) groups is 4. The highest BCUT2D eigenvalue weighted by atomic mass is 16.2. The number of nitrogens with one attached hydrogen (secondary N) is 4. The Morgan fingerprint density at radius 3 is 2.37 bits per heavy atom. The molecule has 3 fully saturated rings. The average molecular weight is 413 g/mol. The quantitative estimate of drug-likeness (QED) is 0.554. The molecule has 1 aliphatic heterocycles. The summed E-state index contributed by atoms with van der Waals surface area (Å²) < 4.78 is 0. The summed E-state index contributed by atoms with van der Waals surface area (Å²) in [6.45, 7) is 1.64. The molecule has 1 aromatic rings. The number of anilines is 2. The molecule has 0 bridgehead atoms. The van der Waals surface area contributed by atoms with Crippen molar-refractivity contribution in [3.63, 3.8) is 0 Å². The second-order valence-electron chi connectivity index (χ2n) is 8.44. The van der Waals surface area contributed by atoms with E-state index < -0.39 is 17.5 Å². The van der Waals surface area contributed by atoms with Crippen LogP contribution in [0, 0.1) is 5.92 Å². The molecule has 3 aliphatic rings. The zero-order valence-corrected chi connectivity index (χ0v) is 17.0. The number of hydrogen-bond donors (Lipinski definition) is 4. The summed E-state index contributed by atoms with van der Waals surface area (Å²) in [7, 11) is 0. The van der Waals surface area contributed by atoms with E-state index in [9.17, 15) is 19.2 Å². The molecule has 1 saturated heterocycles. The van der Waals surface area contributed by atoms with Crippen molar-refractivity contribution in [2.24, 2.45) is 5.92 Å². The third-order valence-corrected chi connectivity index (χ3v) is 6.14. The molecule has 9 nitrogen and oxygen atoms in total. The van der Waals surface area contributed by atoms with Crippen LogP contribution < -0.4 is 21.3 Å². The van der Waals surface area contributed by atoms with Crippen molar-refractivity contribution in [3.05, 3.63) is 24.3 Å². The molecule has 30 heavy (non-hydrogen) atoms. The highest BCUT2D eigenvalue weighted by Crippen LogP contribution is 2.38. The van der Waals surface area contributed by atoms with Crippen LogP contribution in [-0.2, 0) is 9.59 Å². The lowest BCUT2D eigenvalue weighted by Gasteiger charge is -2.36. The van der Waals surface area contributed by atoms with E-state index in [0.29, 0.717) is 17.8 Å². The highest BCUT2D eigenvalue weighted by Gasteiger charge is 2.55. The Bertz CT molecular complexity index is 867. The van der Waals surface area contributed by atoms with Gasteiger partial charge in [-0.25, -0.2) is 9.59 Å². The topological polar surface area (TPSA) is 120 Å². The first-order valence-corrected chi connectivity index (χ1v) is 10.5. The molecule has 0 radical (unpaired) electrons. The van der Waals surface area contributed by atoms with Crippen LogP contribution in [0.5, 0.6) is 0 Å². The van der Waals surface area contributed by atoms with Crippen LogP contribution in [0.25, 0.3) is 0 Å². The summed E-state index contributed by atoms with van der Waals surface area (Å²) in [5.41, 5.74) is 0.249. The zero-order valence-electron chi connectivity index (χ0n) is 17.0. The molecule has 160 valence electrons. The maximum atomic E-state index is 12.9. The molecule has 4 rings (SSSR count). The molecular formula is C21H27N5O4. The second kappa shape index (κ2) is 7.97. The van der Waals surface area contributed by atoms with Gasteiger partial charge < -0.3 is 21.3 Å². The van der Waals surface area contributed by atoms with Gasteiger partial charge in [0.2, 0.25) is 5.91 Å². The van der Waals surface area contributed by atoms with E-state index in [4.69, 9.17) is 0 Å². The SMILES string of the molecule is CC1CCCCC12NC(=O)N(CC(=O)Nc1ccc(NC(=O)NC3CC3)cc1)C2=O. The number of urea groups is 2. The van der Waals surface area contributed by atoms with Crippen LogP contribution >= 0.6 is 0 Å². The smallest absolute Gasteiger partial charge is 0.325 e. The number of amides is 6. The number of imide groups is 1. The monoisotopic (exact) mass is 413 g/mol. The molecule has 4 N–H and O–H groups in total. The molecule has 2 atom stereocenters. The highest BCUT2D eigenvalue weighted by molar-refractivity contribution is 6.10. The Hall–Kier alpha value is -3.10. The number of hydrogen-bond acceptors (Lipinski definition) is 4. The molecule has 1 spiro atoms. The third kappa shape index (κ3) is 4.10. The predicted molar refractivity (Wildman–Crippen MR) is 111 cm³/mol. The molecule has 1 aromatic carbocycles. The first-order valence-electron chi connectivity index (χ1n) is 10.5. The van der Waals surface area contributed by atoms with E-state index in [2.05, 4.69) is 21.3 Å². The van der Waals surface area contributed by atoms with E-state index in [1.54, 1.807) is 24.3 Å². The Balaban J connectivity index is 1.32. The van der Waals surface area contributed by atoms with Gasteiger partial charge in [0.25, 0.3) is 5.91 Å². The molecule has 1 heterocycles.